The van der Waals surface area contributed by atoms with E-state index in [1.807, 2.05) is 43.3 Å². The SMILES string of the molecule is CCN(Cc1ccccc1)C(=O)C(C)Sc1nc(N)c(C(=O)Nc2ccccc2)cc1C#N. The van der Waals surface area contributed by atoms with Crippen molar-refractivity contribution >= 4 is 35.1 Å². The van der Waals surface area contributed by atoms with Gasteiger partial charge in [0.05, 0.1) is 16.4 Å². The number of nitrogens with zero attached hydrogens (tertiary/aromatic N) is 3. The number of carbonyl (C=O) groups excluding carboxylic acids is 2. The van der Waals surface area contributed by atoms with E-state index in [9.17, 15) is 14.9 Å². The van der Waals surface area contributed by atoms with Crippen molar-refractivity contribution in [3.63, 3.8) is 0 Å². The molecule has 0 aliphatic rings. The molecule has 3 rings (SSSR count). The molecule has 0 saturated carbocycles. The van der Waals surface area contributed by atoms with Crippen LogP contribution in [-0.4, -0.2) is 33.5 Å². The van der Waals surface area contributed by atoms with Crippen LogP contribution in [-0.2, 0) is 11.3 Å². The summed E-state index contributed by atoms with van der Waals surface area (Å²) < 4.78 is 0. The molecule has 168 valence electrons. The Morgan fingerprint density at radius 3 is 2.39 bits per heavy atom. The Labute approximate surface area is 197 Å². The van der Waals surface area contributed by atoms with E-state index < -0.39 is 11.2 Å². The van der Waals surface area contributed by atoms with Crippen LogP contribution in [0.5, 0.6) is 0 Å². The molecule has 1 unspecified atom stereocenters. The van der Waals surface area contributed by atoms with Crippen LogP contribution in [0.15, 0.2) is 71.8 Å². The zero-order valence-corrected chi connectivity index (χ0v) is 19.3. The number of benzene rings is 2. The number of nitriles is 1. The Bertz CT molecular complexity index is 1160. The Hall–Kier alpha value is -3.83. The number of thioether (sulfide) groups is 1. The summed E-state index contributed by atoms with van der Waals surface area (Å²) in [6, 6.07) is 22.2. The lowest BCUT2D eigenvalue weighted by Crippen LogP contribution is -2.36. The lowest BCUT2D eigenvalue weighted by atomic mass is 10.2. The van der Waals surface area contributed by atoms with E-state index in [4.69, 9.17) is 5.73 Å². The minimum atomic E-state index is -0.489. The highest BCUT2D eigenvalue weighted by Crippen LogP contribution is 2.29. The molecule has 3 N–H and O–H groups in total. The number of rotatable bonds is 8. The van der Waals surface area contributed by atoms with Crippen LogP contribution in [0.3, 0.4) is 0 Å². The highest BCUT2D eigenvalue weighted by atomic mass is 32.2. The third-order valence-electron chi connectivity index (χ3n) is 4.96. The minimum Gasteiger partial charge on any atom is -0.383 e. The number of anilines is 2. The monoisotopic (exact) mass is 459 g/mol. The van der Waals surface area contributed by atoms with Gasteiger partial charge in [-0.15, -0.1) is 0 Å². The summed E-state index contributed by atoms with van der Waals surface area (Å²) in [5.74, 6) is -0.522. The Balaban J connectivity index is 1.75. The average molecular weight is 460 g/mol. The van der Waals surface area contributed by atoms with Crippen LogP contribution in [0, 0.1) is 11.3 Å². The van der Waals surface area contributed by atoms with Gasteiger partial charge in [-0.25, -0.2) is 4.98 Å². The van der Waals surface area contributed by atoms with Gasteiger partial charge >= 0.3 is 0 Å². The molecule has 0 spiro atoms. The number of aromatic nitrogens is 1. The highest BCUT2D eigenvalue weighted by Gasteiger charge is 2.24. The van der Waals surface area contributed by atoms with Gasteiger partial charge < -0.3 is 16.0 Å². The fourth-order valence-corrected chi connectivity index (χ4v) is 4.17. The Morgan fingerprint density at radius 2 is 1.79 bits per heavy atom. The molecule has 8 heteroatoms. The van der Waals surface area contributed by atoms with Crippen LogP contribution in [0.4, 0.5) is 11.5 Å². The molecule has 0 radical (unpaired) electrons. The molecule has 1 aromatic heterocycles. The van der Waals surface area contributed by atoms with E-state index in [0.29, 0.717) is 23.8 Å². The quantitative estimate of drug-likeness (QED) is 0.485. The number of nitrogens with two attached hydrogens (primary N) is 1. The van der Waals surface area contributed by atoms with Gasteiger partial charge in [-0.05, 0) is 37.6 Å². The molecular formula is C25H25N5O2S. The molecule has 7 nitrogen and oxygen atoms in total. The van der Waals surface area contributed by atoms with Gasteiger partial charge in [0.2, 0.25) is 5.91 Å². The maximum Gasteiger partial charge on any atom is 0.259 e. The van der Waals surface area contributed by atoms with Crippen LogP contribution < -0.4 is 11.1 Å². The zero-order valence-electron chi connectivity index (χ0n) is 18.5. The second-order valence-electron chi connectivity index (χ2n) is 7.30. The summed E-state index contributed by atoms with van der Waals surface area (Å²) in [6.45, 7) is 4.75. The van der Waals surface area contributed by atoms with Crippen molar-refractivity contribution in [2.75, 3.05) is 17.6 Å². The summed E-state index contributed by atoms with van der Waals surface area (Å²) in [7, 11) is 0. The van der Waals surface area contributed by atoms with E-state index in [-0.39, 0.29) is 22.9 Å². The van der Waals surface area contributed by atoms with Gasteiger partial charge in [0.1, 0.15) is 16.9 Å². The second-order valence-corrected chi connectivity index (χ2v) is 8.63. The standard InChI is InChI=1S/C25H25N5O2S/c1-3-30(16-18-10-6-4-7-11-18)25(32)17(2)33-24-19(15-26)14-21(22(27)29-24)23(31)28-20-12-8-5-9-13-20/h4-14,17H,3,16H2,1-2H3,(H2,27,29)(H,28,31). The maximum atomic E-state index is 13.0. The lowest BCUT2D eigenvalue weighted by Gasteiger charge is -2.24. The topological polar surface area (TPSA) is 112 Å². The number of pyridine rings is 1. The van der Waals surface area contributed by atoms with Crippen molar-refractivity contribution in [3.05, 3.63) is 83.4 Å². The second kappa shape index (κ2) is 11.2. The third kappa shape index (κ3) is 6.11. The summed E-state index contributed by atoms with van der Waals surface area (Å²) in [5, 5.41) is 12.2. The van der Waals surface area contributed by atoms with Gasteiger partial charge in [-0.3, -0.25) is 9.59 Å². The van der Waals surface area contributed by atoms with Gasteiger partial charge in [-0.1, -0.05) is 60.3 Å². The summed E-state index contributed by atoms with van der Waals surface area (Å²) in [6.07, 6.45) is 0. The summed E-state index contributed by atoms with van der Waals surface area (Å²) in [5.41, 5.74) is 8.00. The Morgan fingerprint density at radius 1 is 1.15 bits per heavy atom. The molecular weight excluding hydrogens is 434 g/mol. The highest BCUT2D eigenvalue weighted by molar-refractivity contribution is 8.00. The average Bonchev–Trinajstić information content (AvgIpc) is 2.83. The first-order chi connectivity index (χ1) is 15.9. The molecule has 0 saturated heterocycles. The van der Waals surface area contributed by atoms with Crippen molar-refractivity contribution in [2.24, 2.45) is 0 Å². The molecule has 0 bridgehead atoms. The number of amides is 2. The molecule has 0 aliphatic carbocycles. The number of carbonyl (C=O) groups is 2. The lowest BCUT2D eigenvalue weighted by molar-refractivity contribution is -0.130. The van der Waals surface area contributed by atoms with E-state index in [1.165, 1.54) is 6.07 Å². The number of nitrogens with one attached hydrogen (secondary N) is 1. The normalized spacial score (nSPS) is 11.3. The van der Waals surface area contributed by atoms with Gasteiger partial charge in [-0.2, -0.15) is 5.26 Å². The van der Waals surface area contributed by atoms with Crippen molar-refractivity contribution in [1.82, 2.24) is 9.88 Å². The van der Waals surface area contributed by atoms with Crippen molar-refractivity contribution in [1.29, 1.82) is 5.26 Å². The van der Waals surface area contributed by atoms with Crippen LogP contribution in [0.1, 0.15) is 35.3 Å². The zero-order chi connectivity index (χ0) is 23.8. The first-order valence-corrected chi connectivity index (χ1v) is 11.4. The minimum absolute atomic E-state index is 0.00112. The molecule has 1 heterocycles. The van der Waals surface area contributed by atoms with E-state index in [1.54, 1.807) is 36.1 Å². The first-order valence-electron chi connectivity index (χ1n) is 10.5. The van der Waals surface area contributed by atoms with E-state index in [0.717, 1.165) is 17.3 Å². The van der Waals surface area contributed by atoms with Crippen molar-refractivity contribution in [3.8, 4) is 6.07 Å². The predicted octanol–water partition coefficient (Wildman–Crippen LogP) is 4.32. The first kappa shape index (κ1) is 23.8. The largest absolute Gasteiger partial charge is 0.383 e. The maximum absolute atomic E-state index is 13.0. The number of nitrogen functional groups attached to an aromatic ring is 1. The van der Waals surface area contributed by atoms with Gasteiger partial charge in [0, 0.05) is 18.8 Å². The third-order valence-corrected chi connectivity index (χ3v) is 6.05. The van der Waals surface area contributed by atoms with Crippen LogP contribution >= 0.6 is 11.8 Å². The van der Waals surface area contributed by atoms with E-state index in [2.05, 4.69) is 16.4 Å². The number of hydrogen-bond acceptors (Lipinski definition) is 6. The summed E-state index contributed by atoms with van der Waals surface area (Å²) in [4.78, 5) is 31.7. The molecule has 2 aromatic carbocycles. The van der Waals surface area contributed by atoms with Crippen LogP contribution in [0.25, 0.3) is 0 Å². The van der Waals surface area contributed by atoms with Crippen molar-refractivity contribution in [2.45, 2.75) is 30.7 Å². The molecule has 2 amide bonds. The molecule has 1 atom stereocenters. The molecule has 33 heavy (non-hydrogen) atoms. The number of hydrogen-bond donors (Lipinski definition) is 2. The smallest absolute Gasteiger partial charge is 0.259 e. The summed E-state index contributed by atoms with van der Waals surface area (Å²) >= 11 is 1.16. The predicted molar refractivity (Wildman–Crippen MR) is 131 cm³/mol. The Kier molecular flexibility index (Phi) is 8.06. The van der Waals surface area contributed by atoms with E-state index >= 15 is 0 Å². The van der Waals surface area contributed by atoms with Gasteiger partial charge in [0.25, 0.3) is 5.91 Å². The van der Waals surface area contributed by atoms with Crippen molar-refractivity contribution < 1.29 is 9.59 Å². The van der Waals surface area contributed by atoms with Gasteiger partial charge in [0.15, 0.2) is 0 Å². The molecule has 0 aliphatic heterocycles. The molecule has 0 fully saturated rings. The fourth-order valence-electron chi connectivity index (χ4n) is 3.21. The number of para-hydroxylation sites is 1. The molecule has 3 aromatic rings. The van der Waals surface area contributed by atoms with Crippen LogP contribution in [0.2, 0.25) is 0 Å². The fraction of sp³-hybridized carbons (Fsp3) is 0.200.